The van der Waals surface area contributed by atoms with E-state index in [-0.39, 0.29) is 11.2 Å². The van der Waals surface area contributed by atoms with E-state index in [2.05, 4.69) is 4.98 Å². The van der Waals surface area contributed by atoms with Crippen LogP contribution in [0.4, 0.5) is 10.2 Å². The second-order valence-electron chi connectivity index (χ2n) is 3.00. The lowest BCUT2D eigenvalue weighted by atomic mass is 10.4. The maximum atomic E-state index is 12.5. The minimum atomic E-state index is -0.323. The molecule has 4 heteroatoms. The van der Waals surface area contributed by atoms with Gasteiger partial charge < -0.3 is 4.90 Å². The molecule has 1 aromatic heterocycles. The molecular formula is C9H12ClFN2. The van der Waals surface area contributed by atoms with Crippen molar-refractivity contribution in [2.24, 2.45) is 0 Å². The van der Waals surface area contributed by atoms with E-state index in [4.69, 9.17) is 11.6 Å². The Hall–Kier alpha value is -0.830. The minimum Gasteiger partial charge on any atom is -0.358 e. The molecule has 0 radical (unpaired) electrons. The zero-order valence-electron chi connectivity index (χ0n) is 7.67. The van der Waals surface area contributed by atoms with Crippen LogP contribution in [0.2, 0.25) is 0 Å². The molecule has 0 fully saturated rings. The molecule has 0 saturated heterocycles. The van der Waals surface area contributed by atoms with Gasteiger partial charge in [0.15, 0.2) is 0 Å². The van der Waals surface area contributed by atoms with Gasteiger partial charge in [0.05, 0.1) is 6.20 Å². The van der Waals surface area contributed by atoms with Crippen LogP contribution in [0.5, 0.6) is 0 Å². The first-order valence-corrected chi connectivity index (χ1v) is 4.50. The highest BCUT2D eigenvalue weighted by atomic mass is 35.5. The van der Waals surface area contributed by atoms with Gasteiger partial charge in [0.25, 0.3) is 0 Å². The van der Waals surface area contributed by atoms with Gasteiger partial charge >= 0.3 is 0 Å². The third-order valence-corrected chi connectivity index (χ3v) is 1.77. The molecule has 2 nitrogen and oxygen atoms in total. The van der Waals surface area contributed by atoms with Gasteiger partial charge in [-0.2, -0.15) is 0 Å². The molecule has 0 saturated carbocycles. The van der Waals surface area contributed by atoms with E-state index in [1.54, 1.807) is 6.07 Å². The molecule has 0 bridgehead atoms. The molecule has 1 aromatic rings. The third-order valence-electron chi connectivity index (χ3n) is 1.63. The normalized spacial score (nSPS) is 12.6. The highest BCUT2D eigenvalue weighted by molar-refractivity contribution is 6.20. The van der Waals surface area contributed by atoms with E-state index >= 15 is 0 Å². The summed E-state index contributed by atoms with van der Waals surface area (Å²) in [6.45, 7) is 2.60. The van der Waals surface area contributed by atoms with Crippen LogP contribution in [0.15, 0.2) is 18.3 Å². The Kier molecular flexibility index (Phi) is 3.48. The highest BCUT2D eigenvalue weighted by Crippen LogP contribution is 2.10. The second-order valence-corrected chi connectivity index (χ2v) is 3.74. The number of aromatic nitrogens is 1. The predicted octanol–water partition coefficient (Wildman–Crippen LogP) is 2.28. The monoisotopic (exact) mass is 202 g/mol. The number of pyridine rings is 1. The van der Waals surface area contributed by atoms with Crippen molar-refractivity contribution in [3.63, 3.8) is 0 Å². The summed E-state index contributed by atoms with van der Waals surface area (Å²) in [4.78, 5) is 5.81. The Balaban J connectivity index is 2.66. The fourth-order valence-corrected chi connectivity index (χ4v) is 1.27. The summed E-state index contributed by atoms with van der Waals surface area (Å²) in [5, 5.41) is 0.0526. The second kappa shape index (κ2) is 4.42. The van der Waals surface area contributed by atoms with Gasteiger partial charge in [-0.05, 0) is 19.1 Å². The smallest absolute Gasteiger partial charge is 0.141 e. The number of halogens is 2. The van der Waals surface area contributed by atoms with E-state index in [0.717, 1.165) is 5.82 Å². The van der Waals surface area contributed by atoms with Gasteiger partial charge in [0.2, 0.25) is 0 Å². The molecule has 1 heterocycles. The SMILES string of the molecule is CC(Cl)CN(C)c1ccc(F)cn1. The largest absolute Gasteiger partial charge is 0.358 e. The van der Waals surface area contributed by atoms with Gasteiger partial charge in [0.1, 0.15) is 11.6 Å². The Morgan fingerprint density at radius 1 is 1.62 bits per heavy atom. The van der Waals surface area contributed by atoms with Crippen LogP contribution in [0.3, 0.4) is 0 Å². The van der Waals surface area contributed by atoms with E-state index in [1.165, 1.54) is 12.3 Å². The van der Waals surface area contributed by atoms with Crippen molar-refractivity contribution in [2.45, 2.75) is 12.3 Å². The predicted molar refractivity (Wildman–Crippen MR) is 52.8 cm³/mol. The highest BCUT2D eigenvalue weighted by Gasteiger charge is 2.05. The van der Waals surface area contributed by atoms with E-state index < -0.39 is 0 Å². The molecule has 0 amide bonds. The van der Waals surface area contributed by atoms with Crippen LogP contribution < -0.4 is 4.90 Å². The van der Waals surface area contributed by atoms with Crippen molar-refractivity contribution in [3.05, 3.63) is 24.1 Å². The number of alkyl halides is 1. The van der Waals surface area contributed by atoms with Gasteiger partial charge in [-0.25, -0.2) is 9.37 Å². The van der Waals surface area contributed by atoms with Crippen LogP contribution in [-0.2, 0) is 0 Å². The maximum Gasteiger partial charge on any atom is 0.141 e. The summed E-state index contributed by atoms with van der Waals surface area (Å²) in [6.07, 6.45) is 1.20. The lowest BCUT2D eigenvalue weighted by Crippen LogP contribution is -2.24. The van der Waals surface area contributed by atoms with E-state index in [1.807, 2.05) is 18.9 Å². The zero-order chi connectivity index (χ0) is 9.84. The van der Waals surface area contributed by atoms with Crippen molar-refractivity contribution in [1.29, 1.82) is 0 Å². The van der Waals surface area contributed by atoms with E-state index in [0.29, 0.717) is 6.54 Å². The van der Waals surface area contributed by atoms with Crippen molar-refractivity contribution < 1.29 is 4.39 Å². The van der Waals surface area contributed by atoms with Crippen LogP contribution in [-0.4, -0.2) is 24.0 Å². The van der Waals surface area contributed by atoms with Gasteiger partial charge in [0, 0.05) is 19.0 Å². The summed E-state index contributed by atoms with van der Waals surface area (Å²) in [6, 6.07) is 3.02. The van der Waals surface area contributed by atoms with Crippen LogP contribution in [0.25, 0.3) is 0 Å². The molecule has 0 aliphatic rings. The van der Waals surface area contributed by atoms with Gasteiger partial charge in [-0.15, -0.1) is 11.6 Å². The first kappa shape index (κ1) is 10.3. The fraction of sp³-hybridized carbons (Fsp3) is 0.444. The quantitative estimate of drug-likeness (QED) is 0.700. The minimum absolute atomic E-state index is 0.0526. The van der Waals surface area contributed by atoms with Gasteiger partial charge in [-0.1, -0.05) is 0 Å². The Morgan fingerprint density at radius 2 is 2.31 bits per heavy atom. The molecule has 0 spiro atoms. The molecular weight excluding hydrogens is 191 g/mol. The molecule has 0 aliphatic heterocycles. The Morgan fingerprint density at radius 3 is 2.77 bits per heavy atom. The molecule has 72 valence electrons. The number of nitrogens with zero attached hydrogens (tertiary/aromatic N) is 2. The average Bonchev–Trinajstić information content (AvgIpc) is 2.04. The number of rotatable bonds is 3. The maximum absolute atomic E-state index is 12.5. The molecule has 1 atom stereocenters. The fourth-order valence-electron chi connectivity index (χ4n) is 1.06. The van der Waals surface area contributed by atoms with Gasteiger partial charge in [-0.3, -0.25) is 0 Å². The van der Waals surface area contributed by atoms with Crippen molar-refractivity contribution in [1.82, 2.24) is 4.98 Å². The Bertz CT molecular complexity index is 261. The summed E-state index contributed by atoms with van der Waals surface area (Å²) >= 11 is 5.81. The van der Waals surface area contributed by atoms with Crippen molar-refractivity contribution in [3.8, 4) is 0 Å². The van der Waals surface area contributed by atoms with Crippen molar-refractivity contribution >= 4 is 17.4 Å². The third kappa shape index (κ3) is 3.19. The number of anilines is 1. The first-order chi connectivity index (χ1) is 6.09. The number of hydrogen-bond donors (Lipinski definition) is 0. The van der Waals surface area contributed by atoms with Crippen molar-refractivity contribution in [2.75, 3.05) is 18.5 Å². The Labute approximate surface area is 82.3 Å². The van der Waals surface area contributed by atoms with Crippen LogP contribution in [0.1, 0.15) is 6.92 Å². The molecule has 1 unspecified atom stereocenters. The topological polar surface area (TPSA) is 16.1 Å². The first-order valence-electron chi connectivity index (χ1n) is 4.06. The summed E-state index contributed by atoms with van der Waals surface area (Å²) in [5.74, 6) is 0.407. The van der Waals surface area contributed by atoms with Crippen LogP contribution >= 0.6 is 11.6 Å². The average molecular weight is 203 g/mol. The van der Waals surface area contributed by atoms with E-state index in [9.17, 15) is 4.39 Å². The molecule has 13 heavy (non-hydrogen) atoms. The zero-order valence-corrected chi connectivity index (χ0v) is 8.42. The molecule has 0 aliphatic carbocycles. The molecule has 0 N–H and O–H groups in total. The summed E-state index contributed by atoms with van der Waals surface area (Å²) in [5.41, 5.74) is 0. The van der Waals surface area contributed by atoms with Crippen LogP contribution in [0, 0.1) is 5.82 Å². The number of hydrogen-bond acceptors (Lipinski definition) is 2. The lowest BCUT2D eigenvalue weighted by molar-refractivity contribution is 0.620. The summed E-state index contributed by atoms with van der Waals surface area (Å²) < 4.78 is 12.5. The standard InChI is InChI=1S/C9H12ClFN2/c1-7(10)6-13(2)9-4-3-8(11)5-12-9/h3-5,7H,6H2,1-2H3. The summed E-state index contributed by atoms with van der Waals surface area (Å²) in [7, 11) is 1.87. The molecule has 1 rings (SSSR count). The lowest BCUT2D eigenvalue weighted by Gasteiger charge is -2.18. The molecule has 0 aromatic carbocycles.